The van der Waals surface area contributed by atoms with Gasteiger partial charge in [0.05, 0.1) is 17.0 Å². The maximum Gasteiger partial charge on any atom is 0.414 e. The molecule has 0 amide bonds. The molecule has 0 spiro atoms. The van der Waals surface area contributed by atoms with E-state index < -0.39 is 11.9 Å². The molecule has 36 heavy (non-hydrogen) atoms. The predicted molar refractivity (Wildman–Crippen MR) is 136 cm³/mol. The van der Waals surface area contributed by atoms with Gasteiger partial charge in [-0.1, -0.05) is 23.7 Å². The van der Waals surface area contributed by atoms with E-state index in [2.05, 4.69) is 34.9 Å². The van der Waals surface area contributed by atoms with E-state index >= 15 is 0 Å². The number of carbonyl (C=O) groups is 2. The van der Waals surface area contributed by atoms with Crippen molar-refractivity contribution in [3.63, 3.8) is 0 Å². The molecule has 2 aromatic carbocycles. The molecule has 9 nitrogen and oxygen atoms in total. The number of hydrogen-bond donors (Lipinski definition) is 2. The van der Waals surface area contributed by atoms with E-state index in [1.807, 2.05) is 18.4 Å². The zero-order chi connectivity index (χ0) is 25.7. The third kappa shape index (κ3) is 5.85. The van der Waals surface area contributed by atoms with Gasteiger partial charge in [0.2, 0.25) is 0 Å². The molecule has 1 aromatic heterocycles. The summed E-state index contributed by atoms with van der Waals surface area (Å²) >= 11 is 6.28. The van der Waals surface area contributed by atoms with Crippen molar-refractivity contribution in [3.8, 4) is 11.5 Å². The monoisotopic (exact) mass is 516 g/mol. The third-order valence-electron chi connectivity index (χ3n) is 6.32. The molecule has 0 atom stereocenters. The number of nitrogens with zero attached hydrogens (tertiary/aromatic N) is 2. The van der Waals surface area contributed by atoms with E-state index in [0.29, 0.717) is 18.2 Å². The summed E-state index contributed by atoms with van der Waals surface area (Å²) in [5.74, 6) is -1.88. The Morgan fingerprint density at radius 2 is 1.72 bits per heavy atom. The quantitative estimate of drug-likeness (QED) is 0.484. The first-order chi connectivity index (χ1) is 17.3. The smallest absolute Gasteiger partial charge is 0.414 e. The second kappa shape index (κ2) is 11.5. The number of carboxylic acids is 2. The van der Waals surface area contributed by atoms with Gasteiger partial charge < -0.3 is 29.0 Å². The van der Waals surface area contributed by atoms with Crippen molar-refractivity contribution in [1.82, 2.24) is 4.90 Å². The van der Waals surface area contributed by atoms with E-state index in [9.17, 15) is 0 Å². The fraction of sp³-hybridized carbons (Fsp3) is 0.385. The van der Waals surface area contributed by atoms with E-state index in [1.54, 1.807) is 0 Å². The van der Waals surface area contributed by atoms with Crippen molar-refractivity contribution in [2.24, 2.45) is 0 Å². The Kier molecular flexibility index (Phi) is 8.22. The Hall–Kier alpha value is -3.43. The van der Waals surface area contributed by atoms with Gasteiger partial charge >= 0.3 is 11.9 Å². The minimum atomic E-state index is -1.82. The zero-order valence-corrected chi connectivity index (χ0v) is 20.8. The number of fused-ring (bicyclic) bond motifs is 2. The molecule has 2 N–H and O–H groups in total. The molecular weight excluding hydrogens is 488 g/mol. The van der Waals surface area contributed by atoms with Gasteiger partial charge in [-0.25, -0.2) is 9.59 Å². The average Bonchev–Trinajstić information content (AvgIpc) is 3.32. The number of carboxylic acid groups (broad SMARTS) is 2. The van der Waals surface area contributed by atoms with Crippen molar-refractivity contribution in [3.05, 3.63) is 52.7 Å². The van der Waals surface area contributed by atoms with Crippen LogP contribution in [0.2, 0.25) is 5.02 Å². The molecule has 1 fully saturated rings. The van der Waals surface area contributed by atoms with E-state index in [4.69, 9.17) is 45.3 Å². The van der Waals surface area contributed by atoms with Crippen LogP contribution in [0.25, 0.3) is 11.0 Å². The molecule has 3 heterocycles. The normalized spacial score (nSPS) is 15.3. The van der Waals surface area contributed by atoms with Gasteiger partial charge in [-0.3, -0.25) is 4.90 Å². The molecule has 0 aliphatic carbocycles. The summed E-state index contributed by atoms with van der Waals surface area (Å²) in [4.78, 5) is 23.2. The van der Waals surface area contributed by atoms with Crippen molar-refractivity contribution in [2.75, 3.05) is 50.8 Å². The van der Waals surface area contributed by atoms with Crippen LogP contribution in [0.15, 0.2) is 41.0 Å². The van der Waals surface area contributed by atoms with Gasteiger partial charge in [0.15, 0.2) is 17.1 Å². The topological polar surface area (TPSA) is 113 Å². The van der Waals surface area contributed by atoms with Crippen LogP contribution in [0.4, 0.5) is 5.69 Å². The number of piperazine rings is 1. The second-order valence-corrected chi connectivity index (χ2v) is 9.08. The molecule has 2 aliphatic rings. The standard InChI is InChI=1S/C24H27ClN2O3.C2H2O4/c1-17-7-8-19(25)23-22(17)18(16-30-23)4-3-9-26-10-12-27(13-11-26)20-5-2-6-21-24(20)29-15-14-28-21;3-1(4)2(5)6/h2,5-8,16H,3-4,9-15H2,1H3;(H,3,4)(H,5,6). The van der Waals surface area contributed by atoms with Crippen LogP contribution in [0, 0.1) is 6.92 Å². The highest BCUT2D eigenvalue weighted by Crippen LogP contribution is 2.39. The number of ether oxygens (including phenoxy) is 2. The number of aryl methyl sites for hydroxylation is 2. The van der Waals surface area contributed by atoms with Crippen LogP contribution in [0.1, 0.15) is 17.5 Å². The maximum atomic E-state index is 9.10. The average molecular weight is 517 g/mol. The second-order valence-electron chi connectivity index (χ2n) is 8.67. The molecule has 0 radical (unpaired) electrons. The zero-order valence-electron chi connectivity index (χ0n) is 20.0. The Bertz CT molecular complexity index is 1220. The van der Waals surface area contributed by atoms with Crippen molar-refractivity contribution >= 4 is 40.2 Å². The summed E-state index contributed by atoms with van der Waals surface area (Å²) < 4.78 is 17.4. The predicted octanol–water partition coefficient (Wildman–Crippen LogP) is 4.08. The fourth-order valence-electron chi connectivity index (χ4n) is 4.56. The number of furan rings is 1. The van der Waals surface area contributed by atoms with Gasteiger partial charge in [0, 0.05) is 31.6 Å². The lowest BCUT2D eigenvalue weighted by Crippen LogP contribution is -2.46. The van der Waals surface area contributed by atoms with Crippen molar-refractivity contribution in [2.45, 2.75) is 19.8 Å². The van der Waals surface area contributed by atoms with Gasteiger partial charge in [-0.15, -0.1) is 0 Å². The molecule has 192 valence electrons. The van der Waals surface area contributed by atoms with Gasteiger partial charge in [0.1, 0.15) is 13.2 Å². The number of rotatable bonds is 5. The van der Waals surface area contributed by atoms with Crippen LogP contribution < -0.4 is 14.4 Å². The molecule has 5 rings (SSSR count). The van der Waals surface area contributed by atoms with Crippen LogP contribution in [0.3, 0.4) is 0 Å². The maximum absolute atomic E-state index is 9.10. The summed E-state index contributed by atoms with van der Waals surface area (Å²) in [5.41, 5.74) is 4.46. The van der Waals surface area contributed by atoms with Crippen LogP contribution in [-0.2, 0) is 16.0 Å². The number of benzene rings is 2. The van der Waals surface area contributed by atoms with Gasteiger partial charge in [-0.05, 0) is 55.6 Å². The van der Waals surface area contributed by atoms with Crippen LogP contribution >= 0.6 is 11.6 Å². The molecule has 0 bridgehead atoms. The highest BCUT2D eigenvalue weighted by Gasteiger charge is 2.23. The summed E-state index contributed by atoms with van der Waals surface area (Å²) in [6, 6.07) is 10.2. The first-order valence-corrected chi connectivity index (χ1v) is 12.2. The number of aliphatic carboxylic acids is 2. The highest BCUT2D eigenvalue weighted by molar-refractivity contribution is 6.35. The lowest BCUT2D eigenvalue weighted by molar-refractivity contribution is -0.159. The minimum Gasteiger partial charge on any atom is -0.486 e. The largest absolute Gasteiger partial charge is 0.486 e. The summed E-state index contributed by atoms with van der Waals surface area (Å²) in [7, 11) is 0. The Morgan fingerprint density at radius 3 is 2.44 bits per heavy atom. The number of para-hydroxylation sites is 1. The summed E-state index contributed by atoms with van der Waals surface area (Å²) in [5, 5.41) is 16.7. The molecule has 1 saturated heterocycles. The van der Waals surface area contributed by atoms with E-state index in [-0.39, 0.29) is 0 Å². The van der Waals surface area contributed by atoms with Gasteiger partial charge in [-0.2, -0.15) is 0 Å². The SMILES string of the molecule is Cc1ccc(Cl)c2occ(CCCN3CCN(c4cccc5c4OCCO5)CC3)c12.O=C(O)C(=O)O. The van der Waals surface area contributed by atoms with Gasteiger partial charge in [0.25, 0.3) is 0 Å². The Morgan fingerprint density at radius 1 is 1.00 bits per heavy atom. The minimum absolute atomic E-state index is 0.622. The highest BCUT2D eigenvalue weighted by atomic mass is 35.5. The molecule has 0 saturated carbocycles. The molecular formula is C26H29ClN2O7. The lowest BCUT2D eigenvalue weighted by atomic mass is 10.0. The van der Waals surface area contributed by atoms with Crippen molar-refractivity contribution < 1.29 is 33.7 Å². The Labute approximate surface area is 213 Å². The molecule has 10 heteroatoms. The van der Waals surface area contributed by atoms with Crippen LogP contribution in [0.5, 0.6) is 11.5 Å². The number of halogens is 1. The summed E-state index contributed by atoms with van der Waals surface area (Å²) in [6.45, 7) is 8.58. The number of anilines is 1. The van der Waals surface area contributed by atoms with E-state index in [0.717, 1.165) is 68.3 Å². The van der Waals surface area contributed by atoms with Crippen LogP contribution in [-0.4, -0.2) is 73.0 Å². The molecule has 2 aliphatic heterocycles. The van der Waals surface area contributed by atoms with Crippen molar-refractivity contribution in [1.29, 1.82) is 0 Å². The van der Waals surface area contributed by atoms with E-state index in [1.165, 1.54) is 16.5 Å². The summed E-state index contributed by atoms with van der Waals surface area (Å²) in [6.07, 6.45) is 3.99. The first-order valence-electron chi connectivity index (χ1n) is 11.8. The molecule has 0 unspecified atom stereocenters. The third-order valence-corrected chi connectivity index (χ3v) is 6.62. The lowest BCUT2D eigenvalue weighted by Gasteiger charge is -2.37. The number of hydrogen-bond acceptors (Lipinski definition) is 7. The fourth-order valence-corrected chi connectivity index (χ4v) is 4.76. The molecule has 3 aromatic rings. The first kappa shape index (κ1) is 25.7. The Balaban J connectivity index is 0.000000455.